The van der Waals surface area contributed by atoms with E-state index in [-0.39, 0.29) is 0 Å². The third-order valence-corrected chi connectivity index (χ3v) is 4.01. The average molecular weight is 255 g/mol. The molecule has 0 spiro atoms. The van der Waals surface area contributed by atoms with Crippen molar-refractivity contribution in [1.82, 2.24) is 15.1 Å². The summed E-state index contributed by atoms with van der Waals surface area (Å²) in [5, 5.41) is 8.13. The Hall–Kier alpha value is -1.61. The first-order valence-electron chi connectivity index (χ1n) is 7.00. The highest BCUT2D eigenvalue weighted by Gasteiger charge is 2.19. The number of aromatic nitrogens is 2. The summed E-state index contributed by atoms with van der Waals surface area (Å²) in [6.07, 6.45) is 2.67. The summed E-state index contributed by atoms with van der Waals surface area (Å²) in [6.45, 7) is 7.29. The quantitative estimate of drug-likeness (QED) is 0.910. The molecule has 1 aliphatic carbocycles. The van der Waals surface area contributed by atoms with E-state index in [1.807, 2.05) is 4.68 Å². The van der Waals surface area contributed by atoms with Crippen LogP contribution in [0.2, 0.25) is 0 Å². The van der Waals surface area contributed by atoms with Gasteiger partial charge in [-0.3, -0.25) is 0 Å². The predicted molar refractivity (Wildman–Crippen MR) is 77.6 cm³/mol. The van der Waals surface area contributed by atoms with Crippen LogP contribution in [0.5, 0.6) is 0 Å². The number of hydrogen-bond donors (Lipinski definition) is 1. The highest BCUT2D eigenvalue weighted by atomic mass is 15.3. The Morgan fingerprint density at radius 2 is 1.84 bits per heavy atom. The Balaban J connectivity index is 1.78. The molecule has 3 rings (SSSR count). The monoisotopic (exact) mass is 255 g/mol. The van der Waals surface area contributed by atoms with Crippen LogP contribution < -0.4 is 5.32 Å². The largest absolute Gasteiger partial charge is 0.310 e. The Morgan fingerprint density at radius 3 is 2.37 bits per heavy atom. The van der Waals surface area contributed by atoms with E-state index in [9.17, 15) is 0 Å². The Kier molecular flexibility index (Phi) is 3.15. The lowest BCUT2D eigenvalue weighted by atomic mass is 10.2. The maximum atomic E-state index is 4.59. The zero-order valence-electron chi connectivity index (χ0n) is 11.9. The number of nitrogens with zero attached hydrogens (tertiary/aromatic N) is 2. The van der Waals surface area contributed by atoms with Gasteiger partial charge >= 0.3 is 0 Å². The average Bonchev–Trinajstić information content (AvgIpc) is 3.21. The molecular formula is C16H21N3. The predicted octanol–water partition coefficient (Wildman–Crippen LogP) is 3.05. The molecule has 100 valence electrons. The summed E-state index contributed by atoms with van der Waals surface area (Å²) in [7, 11) is 0. The minimum atomic E-state index is 0.762. The van der Waals surface area contributed by atoms with Gasteiger partial charge in [0.2, 0.25) is 0 Å². The molecule has 1 fully saturated rings. The number of rotatable bonds is 4. The second-order valence-electron chi connectivity index (χ2n) is 5.53. The van der Waals surface area contributed by atoms with E-state index in [4.69, 9.17) is 0 Å². The van der Waals surface area contributed by atoms with E-state index in [1.165, 1.54) is 29.7 Å². The van der Waals surface area contributed by atoms with Crippen LogP contribution in [0.15, 0.2) is 24.3 Å². The summed E-state index contributed by atoms with van der Waals surface area (Å²) in [5.41, 5.74) is 6.09. The SMILES string of the molecule is Cc1nn(-c2ccc(CNC3CC3)cc2)c(C)c1C. The minimum absolute atomic E-state index is 0.762. The maximum Gasteiger partial charge on any atom is 0.0649 e. The molecule has 1 aromatic heterocycles. The van der Waals surface area contributed by atoms with Crippen molar-refractivity contribution in [2.75, 3.05) is 0 Å². The molecule has 0 aliphatic heterocycles. The van der Waals surface area contributed by atoms with E-state index < -0.39 is 0 Å². The van der Waals surface area contributed by atoms with Gasteiger partial charge in [0.05, 0.1) is 11.4 Å². The molecule has 3 nitrogen and oxygen atoms in total. The van der Waals surface area contributed by atoms with Crippen LogP contribution in [0.4, 0.5) is 0 Å². The highest BCUT2D eigenvalue weighted by molar-refractivity contribution is 5.38. The fraction of sp³-hybridized carbons (Fsp3) is 0.438. The molecule has 19 heavy (non-hydrogen) atoms. The van der Waals surface area contributed by atoms with Crippen molar-refractivity contribution < 1.29 is 0 Å². The topological polar surface area (TPSA) is 29.9 Å². The number of benzene rings is 1. The first-order chi connectivity index (χ1) is 9.15. The molecule has 0 bridgehead atoms. The van der Waals surface area contributed by atoms with Crippen LogP contribution in [0.25, 0.3) is 5.69 Å². The van der Waals surface area contributed by atoms with Crippen molar-refractivity contribution in [3.8, 4) is 5.69 Å². The van der Waals surface area contributed by atoms with Crippen LogP contribution in [-0.2, 0) is 6.54 Å². The lowest BCUT2D eigenvalue weighted by Gasteiger charge is -2.07. The first-order valence-corrected chi connectivity index (χ1v) is 7.00. The van der Waals surface area contributed by atoms with E-state index in [1.54, 1.807) is 0 Å². The van der Waals surface area contributed by atoms with Crippen LogP contribution in [-0.4, -0.2) is 15.8 Å². The molecule has 0 radical (unpaired) electrons. The lowest BCUT2D eigenvalue weighted by Crippen LogP contribution is -2.15. The second-order valence-corrected chi connectivity index (χ2v) is 5.53. The van der Waals surface area contributed by atoms with Gasteiger partial charge in [0.1, 0.15) is 0 Å². The third-order valence-electron chi connectivity index (χ3n) is 4.01. The summed E-state index contributed by atoms with van der Waals surface area (Å²) >= 11 is 0. The third kappa shape index (κ3) is 2.56. The standard InChI is InChI=1S/C16H21N3/c1-11-12(2)18-19(13(11)3)16-8-4-14(5-9-16)10-17-15-6-7-15/h4-5,8-9,15,17H,6-7,10H2,1-3H3. The highest BCUT2D eigenvalue weighted by Crippen LogP contribution is 2.20. The van der Waals surface area contributed by atoms with Crippen molar-refractivity contribution in [3.05, 3.63) is 46.8 Å². The molecule has 1 saturated carbocycles. The van der Waals surface area contributed by atoms with Crippen LogP contribution in [0, 0.1) is 20.8 Å². The zero-order valence-corrected chi connectivity index (χ0v) is 11.9. The second kappa shape index (κ2) is 4.82. The molecule has 0 unspecified atom stereocenters. The van der Waals surface area contributed by atoms with E-state index in [2.05, 4.69) is 55.5 Å². The van der Waals surface area contributed by atoms with Gasteiger partial charge in [0.25, 0.3) is 0 Å². The van der Waals surface area contributed by atoms with Gasteiger partial charge in [-0.25, -0.2) is 4.68 Å². The maximum absolute atomic E-state index is 4.59. The summed E-state index contributed by atoms with van der Waals surface area (Å²) in [6, 6.07) is 9.46. The van der Waals surface area contributed by atoms with Crippen LogP contribution in [0.3, 0.4) is 0 Å². The zero-order chi connectivity index (χ0) is 13.4. The van der Waals surface area contributed by atoms with Gasteiger partial charge in [0.15, 0.2) is 0 Å². The Morgan fingerprint density at radius 1 is 1.16 bits per heavy atom. The normalized spacial score (nSPS) is 14.9. The summed E-state index contributed by atoms with van der Waals surface area (Å²) < 4.78 is 2.03. The van der Waals surface area contributed by atoms with Crippen molar-refractivity contribution in [1.29, 1.82) is 0 Å². The van der Waals surface area contributed by atoms with Crippen molar-refractivity contribution in [2.24, 2.45) is 0 Å². The molecule has 1 aromatic carbocycles. The van der Waals surface area contributed by atoms with Gasteiger partial charge in [0, 0.05) is 18.3 Å². The number of aryl methyl sites for hydroxylation is 1. The fourth-order valence-electron chi connectivity index (χ4n) is 2.28. The van der Waals surface area contributed by atoms with Gasteiger partial charge in [-0.15, -0.1) is 0 Å². The summed E-state index contributed by atoms with van der Waals surface area (Å²) in [5.74, 6) is 0. The number of hydrogen-bond acceptors (Lipinski definition) is 2. The molecule has 1 aliphatic rings. The van der Waals surface area contributed by atoms with E-state index in [0.29, 0.717) is 0 Å². The van der Waals surface area contributed by atoms with E-state index in [0.717, 1.165) is 24.0 Å². The molecule has 2 aromatic rings. The molecular weight excluding hydrogens is 234 g/mol. The van der Waals surface area contributed by atoms with Gasteiger partial charge < -0.3 is 5.32 Å². The van der Waals surface area contributed by atoms with Crippen molar-refractivity contribution in [2.45, 2.75) is 46.2 Å². The molecule has 1 N–H and O–H groups in total. The fourth-order valence-corrected chi connectivity index (χ4v) is 2.28. The van der Waals surface area contributed by atoms with Crippen molar-refractivity contribution >= 4 is 0 Å². The van der Waals surface area contributed by atoms with Gasteiger partial charge in [-0.1, -0.05) is 12.1 Å². The first kappa shape index (κ1) is 12.4. The Labute approximate surface area is 114 Å². The lowest BCUT2D eigenvalue weighted by molar-refractivity contribution is 0.687. The van der Waals surface area contributed by atoms with Crippen molar-refractivity contribution in [3.63, 3.8) is 0 Å². The smallest absolute Gasteiger partial charge is 0.0649 e. The molecule has 0 amide bonds. The molecule has 0 saturated heterocycles. The number of nitrogens with one attached hydrogen (secondary N) is 1. The summed E-state index contributed by atoms with van der Waals surface area (Å²) in [4.78, 5) is 0. The van der Waals surface area contributed by atoms with Crippen LogP contribution in [0.1, 0.15) is 35.4 Å². The van der Waals surface area contributed by atoms with Gasteiger partial charge in [-0.2, -0.15) is 5.10 Å². The molecule has 1 heterocycles. The van der Waals surface area contributed by atoms with Gasteiger partial charge in [-0.05, 0) is 56.9 Å². The Bertz CT molecular complexity index is 577. The van der Waals surface area contributed by atoms with Crippen LogP contribution >= 0.6 is 0 Å². The van der Waals surface area contributed by atoms with E-state index >= 15 is 0 Å². The minimum Gasteiger partial charge on any atom is -0.310 e. The molecule has 3 heteroatoms. The molecule has 0 atom stereocenters.